The van der Waals surface area contributed by atoms with Crippen molar-refractivity contribution < 1.29 is 14.2 Å². The first-order valence-electron chi connectivity index (χ1n) is 7.02. The van der Waals surface area contributed by atoms with Crippen molar-refractivity contribution in [2.45, 2.75) is 39.2 Å². The van der Waals surface area contributed by atoms with E-state index in [2.05, 4.69) is 13.8 Å². The van der Waals surface area contributed by atoms with E-state index in [-0.39, 0.29) is 11.7 Å². The van der Waals surface area contributed by atoms with E-state index in [4.69, 9.17) is 4.74 Å². The van der Waals surface area contributed by atoms with Crippen LogP contribution in [0.15, 0.2) is 18.2 Å². The van der Waals surface area contributed by atoms with Gasteiger partial charge in [0.2, 0.25) is 0 Å². The van der Waals surface area contributed by atoms with Gasteiger partial charge in [-0.3, -0.25) is 0 Å². The number of halogens is 1. The van der Waals surface area contributed by atoms with Gasteiger partial charge in [-0.1, -0.05) is 13.8 Å². The predicted molar refractivity (Wildman–Crippen MR) is 73.6 cm³/mol. The van der Waals surface area contributed by atoms with Crippen molar-refractivity contribution in [3.8, 4) is 5.75 Å². The number of benzene rings is 1. The lowest BCUT2D eigenvalue weighted by molar-refractivity contribution is 0.0526. The molecule has 0 heterocycles. The first-order valence-corrected chi connectivity index (χ1v) is 7.02. The maximum atomic E-state index is 14.0. The smallest absolute Gasteiger partial charge is 0.132 e. The van der Waals surface area contributed by atoms with Crippen molar-refractivity contribution in [2.75, 3.05) is 7.11 Å². The molecule has 3 unspecified atom stereocenters. The number of aliphatic hydroxyl groups is 1. The zero-order chi connectivity index (χ0) is 14.0. The molecule has 2 nitrogen and oxygen atoms in total. The fourth-order valence-electron chi connectivity index (χ4n) is 3.40. The standard InChI is InChI=1S/C16H23FO2/c1-10-6-11(2)8-12(7-10)16(18)14-5-4-13(19-3)9-15(14)17/h4-5,9-12,16,18H,6-8H2,1-3H3. The van der Waals surface area contributed by atoms with E-state index in [1.807, 2.05) is 0 Å². The van der Waals surface area contributed by atoms with Crippen LogP contribution in [0.3, 0.4) is 0 Å². The minimum Gasteiger partial charge on any atom is -0.497 e. The third kappa shape index (κ3) is 3.27. The highest BCUT2D eigenvalue weighted by molar-refractivity contribution is 5.30. The highest BCUT2D eigenvalue weighted by Gasteiger charge is 2.31. The third-order valence-electron chi connectivity index (χ3n) is 4.19. The Balaban J connectivity index is 2.16. The highest BCUT2D eigenvalue weighted by atomic mass is 19.1. The van der Waals surface area contributed by atoms with Gasteiger partial charge in [0.15, 0.2) is 0 Å². The maximum absolute atomic E-state index is 14.0. The quantitative estimate of drug-likeness (QED) is 0.898. The molecule has 1 aliphatic carbocycles. The van der Waals surface area contributed by atoms with Gasteiger partial charge in [0.1, 0.15) is 11.6 Å². The van der Waals surface area contributed by atoms with Crippen LogP contribution in [0.5, 0.6) is 5.75 Å². The molecule has 0 saturated heterocycles. The van der Waals surface area contributed by atoms with Crippen LogP contribution in [0.25, 0.3) is 0 Å². The normalized spacial score (nSPS) is 29.0. The molecule has 1 N–H and O–H groups in total. The van der Waals surface area contributed by atoms with Gasteiger partial charge in [0.25, 0.3) is 0 Å². The SMILES string of the molecule is COc1ccc(C(O)C2CC(C)CC(C)C2)c(F)c1. The predicted octanol–water partition coefficient (Wildman–Crippen LogP) is 3.94. The van der Waals surface area contributed by atoms with E-state index in [0.29, 0.717) is 23.1 Å². The molecule has 1 aliphatic rings. The Morgan fingerprint density at radius 1 is 1.21 bits per heavy atom. The van der Waals surface area contributed by atoms with Crippen LogP contribution in [0.2, 0.25) is 0 Å². The molecule has 0 bridgehead atoms. The molecular weight excluding hydrogens is 243 g/mol. The van der Waals surface area contributed by atoms with E-state index < -0.39 is 6.10 Å². The molecule has 1 saturated carbocycles. The van der Waals surface area contributed by atoms with E-state index in [9.17, 15) is 9.50 Å². The van der Waals surface area contributed by atoms with E-state index in [0.717, 1.165) is 12.8 Å². The van der Waals surface area contributed by atoms with Gasteiger partial charge >= 0.3 is 0 Å². The Morgan fingerprint density at radius 2 is 1.84 bits per heavy atom. The maximum Gasteiger partial charge on any atom is 0.132 e. The second-order valence-electron chi connectivity index (χ2n) is 6.01. The van der Waals surface area contributed by atoms with Crippen LogP contribution < -0.4 is 4.74 Å². The van der Waals surface area contributed by atoms with Gasteiger partial charge in [0.05, 0.1) is 13.2 Å². The Morgan fingerprint density at radius 3 is 2.37 bits per heavy atom. The van der Waals surface area contributed by atoms with Gasteiger partial charge in [0, 0.05) is 11.6 Å². The summed E-state index contributed by atoms with van der Waals surface area (Å²) in [7, 11) is 1.51. The third-order valence-corrected chi connectivity index (χ3v) is 4.19. The van der Waals surface area contributed by atoms with Crippen LogP contribution >= 0.6 is 0 Å². The molecule has 2 rings (SSSR count). The van der Waals surface area contributed by atoms with Gasteiger partial charge < -0.3 is 9.84 Å². The first kappa shape index (κ1) is 14.3. The first-order chi connectivity index (χ1) is 9.01. The summed E-state index contributed by atoms with van der Waals surface area (Å²) >= 11 is 0. The molecular formula is C16H23FO2. The Kier molecular flexibility index (Phi) is 4.46. The molecule has 1 aromatic rings. The van der Waals surface area contributed by atoms with Crippen molar-refractivity contribution in [2.24, 2.45) is 17.8 Å². The van der Waals surface area contributed by atoms with E-state index >= 15 is 0 Å². The molecule has 0 amide bonds. The largest absolute Gasteiger partial charge is 0.497 e. The van der Waals surface area contributed by atoms with Gasteiger partial charge in [-0.05, 0) is 49.1 Å². The van der Waals surface area contributed by atoms with Gasteiger partial charge in [-0.2, -0.15) is 0 Å². The van der Waals surface area contributed by atoms with Gasteiger partial charge in [-0.15, -0.1) is 0 Å². The summed E-state index contributed by atoms with van der Waals surface area (Å²) in [4.78, 5) is 0. The summed E-state index contributed by atoms with van der Waals surface area (Å²) in [6, 6.07) is 4.69. The van der Waals surface area contributed by atoms with Crippen molar-refractivity contribution >= 4 is 0 Å². The van der Waals surface area contributed by atoms with Gasteiger partial charge in [-0.25, -0.2) is 4.39 Å². The number of aliphatic hydroxyl groups excluding tert-OH is 1. The molecule has 106 valence electrons. The molecule has 0 radical (unpaired) electrons. The summed E-state index contributed by atoms with van der Waals surface area (Å²) in [5, 5.41) is 10.4. The Hall–Kier alpha value is -1.09. The van der Waals surface area contributed by atoms with Crippen molar-refractivity contribution in [1.29, 1.82) is 0 Å². The average molecular weight is 266 g/mol. The molecule has 3 heteroatoms. The van der Waals surface area contributed by atoms with Crippen LogP contribution in [0, 0.1) is 23.6 Å². The van der Waals surface area contributed by atoms with Crippen molar-refractivity contribution in [3.63, 3.8) is 0 Å². The molecule has 0 aromatic heterocycles. The number of hydrogen-bond acceptors (Lipinski definition) is 2. The summed E-state index contributed by atoms with van der Waals surface area (Å²) < 4.78 is 19.0. The van der Waals surface area contributed by atoms with Crippen LogP contribution in [0.1, 0.15) is 44.8 Å². The van der Waals surface area contributed by atoms with Crippen molar-refractivity contribution in [3.05, 3.63) is 29.6 Å². The monoisotopic (exact) mass is 266 g/mol. The second-order valence-corrected chi connectivity index (χ2v) is 6.01. The fraction of sp³-hybridized carbons (Fsp3) is 0.625. The number of hydrogen-bond donors (Lipinski definition) is 1. The van der Waals surface area contributed by atoms with E-state index in [1.165, 1.54) is 19.6 Å². The molecule has 0 aliphatic heterocycles. The van der Waals surface area contributed by atoms with Crippen molar-refractivity contribution in [1.82, 2.24) is 0 Å². The number of methoxy groups -OCH3 is 1. The van der Waals surface area contributed by atoms with Crippen LogP contribution in [0.4, 0.5) is 4.39 Å². The Bertz CT molecular complexity index is 423. The van der Waals surface area contributed by atoms with E-state index in [1.54, 1.807) is 12.1 Å². The minimum absolute atomic E-state index is 0.154. The lowest BCUT2D eigenvalue weighted by Gasteiger charge is -2.34. The summed E-state index contributed by atoms with van der Waals surface area (Å²) in [5.74, 6) is 1.47. The average Bonchev–Trinajstić information content (AvgIpc) is 2.36. The lowest BCUT2D eigenvalue weighted by atomic mass is 9.73. The number of rotatable bonds is 3. The second kappa shape index (κ2) is 5.91. The number of ether oxygens (including phenoxy) is 1. The molecule has 0 spiro atoms. The van der Waals surface area contributed by atoms with Crippen LogP contribution in [-0.2, 0) is 0 Å². The molecule has 1 aromatic carbocycles. The summed E-state index contributed by atoms with van der Waals surface area (Å²) in [6.45, 7) is 4.42. The minimum atomic E-state index is -0.712. The summed E-state index contributed by atoms with van der Waals surface area (Å²) in [6.07, 6.45) is 2.43. The Labute approximate surface area is 114 Å². The van der Waals surface area contributed by atoms with Crippen LogP contribution in [-0.4, -0.2) is 12.2 Å². The fourth-order valence-corrected chi connectivity index (χ4v) is 3.40. The highest BCUT2D eigenvalue weighted by Crippen LogP contribution is 2.40. The zero-order valence-corrected chi connectivity index (χ0v) is 11.9. The topological polar surface area (TPSA) is 29.5 Å². The molecule has 3 atom stereocenters. The lowest BCUT2D eigenvalue weighted by Crippen LogP contribution is -2.25. The summed E-state index contributed by atoms with van der Waals surface area (Å²) in [5.41, 5.74) is 0.395. The molecule has 1 fully saturated rings. The zero-order valence-electron chi connectivity index (χ0n) is 11.9. The molecule has 19 heavy (non-hydrogen) atoms.